The van der Waals surface area contributed by atoms with Crippen molar-refractivity contribution in [2.45, 2.75) is 12.8 Å². The summed E-state index contributed by atoms with van der Waals surface area (Å²) in [7, 11) is 1.49. The van der Waals surface area contributed by atoms with Crippen molar-refractivity contribution in [3.05, 3.63) is 35.4 Å². The number of likely N-dealkylation sites (tertiary alicyclic amines) is 1. The van der Waals surface area contributed by atoms with Crippen molar-refractivity contribution in [3.8, 4) is 12.3 Å². The summed E-state index contributed by atoms with van der Waals surface area (Å²) in [5.41, 5.74) is 0.291. The number of aliphatic carboxylic acids is 1. The summed E-state index contributed by atoms with van der Waals surface area (Å²) in [6, 6.07) is 6.91. The molecule has 1 N–H and O–H groups in total. The summed E-state index contributed by atoms with van der Waals surface area (Å²) >= 11 is 0. The topological polar surface area (TPSA) is 66.8 Å². The third-order valence-electron chi connectivity index (χ3n) is 4.16. The molecule has 1 aromatic carbocycles. The molecule has 0 aliphatic carbocycles. The number of nitrogens with zero attached hydrogens (tertiary/aromatic N) is 1. The predicted molar refractivity (Wildman–Crippen MR) is 81.5 cm³/mol. The fraction of sp³-hybridized carbons (Fsp3) is 0.412. The number of methoxy groups -OCH3 is 1. The minimum absolute atomic E-state index is 0.117. The molecule has 1 saturated heterocycles. The van der Waals surface area contributed by atoms with E-state index in [0.717, 1.165) is 0 Å². The lowest BCUT2D eigenvalue weighted by Crippen LogP contribution is -2.48. The van der Waals surface area contributed by atoms with Crippen molar-refractivity contribution in [1.29, 1.82) is 0 Å². The summed E-state index contributed by atoms with van der Waals surface area (Å²) < 4.78 is 5.05. The number of piperidine rings is 1. The maximum atomic E-state index is 12.5. The smallest absolute Gasteiger partial charge is 0.312 e. The number of benzene rings is 1. The van der Waals surface area contributed by atoms with E-state index >= 15 is 0 Å². The molecule has 1 fully saturated rings. The van der Waals surface area contributed by atoms with Crippen LogP contribution in [0.25, 0.3) is 0 Å². The lowest BCUT2D eigenvalue weighted by Gasteiger charge is -2.38. The molecule has 0 unspecified atom stereocenters. The number of amides is 1. The predicted octanol–water partition coefficient (Wildman–Crippen LogP) is 1.62. The van der Waals surface area contributed by atoms with Gasteiger partial charge in [-0.2, -0.15) is 0 Å². The summed E-state index contributed by atoms with van der Waals surface area (Å²) in [6.45, 7) is 0.959. The number of hydrogen-bond acceptors (Lipinski definition) is 3. The van der Waals surface area contributed by atoms with Crippen LogP contribution in [0.1, 0.15) is 28.8 Å². The zero-order valence-electron chi connectivity index (χ0n) is 12.5. The Balaban J connectivity index is 2.09. The largest absolute Gasteiger partial charge is 0.481 e. The van der Waals surface area contributed by atoms with Gasteiger partial charge in [0.05, 0.1) is 12.0 Å². The van der Waals surface area contributed by atoms with Crippen LogP contribution < -0.4 is 0 Å². The minimum Gasteiger partial charge on any atom is -0.481 e. The minimum atomic E-state index is -0.897. The van der Waals surface area contributed by atoms with Crippen LogP contribution in [-0.2, 0) is 9.53 Å². The van der Waals surface area contributed by atoms with Crippen LogP contribution >= 0.6 is 0 Å². The molecule has 0 radical (unpaired) electrons. The monoisotopic (exact) mass is 301 g/mol. The quantitative estimate of drug-likeness (QED) is 0.858. The first-order valence-corrected chi connectivity index (χ1v) is 7.11. The van der Waals surface area contributed by atoms with Crippen molar-refractivity contribution in [1.82, 2.24) is 4.90 Å². The van der Waals surface area contributed by atoms with Gasteiger partial charge in [0.1, 0.15) is 0 Å². The van der Waals surface area contributed by atoms with E-state index in [0.29, 0.717) is 37.1 Å². The average molecular weight is 301 g/mol. The van der Waals surface area contributed by atoms with E-state index in [2.05, 4.69) is 5.92 Å². The highest BCUT2D eigenvalue weighted by molar-refractivity contribution is 5.94. The number of hydrogen-bond donors (Lipinski definition) is 1. The Hall–Kier alpha value is -2.32. The molecular formula is C17H19NO4. The number of terminal acetylenes is 1. The van der Waals surface area contributed by atoms with Crippen LogP contribution in [0.15, 0.2) is 24.3 Å². The molecule has 0 atom stereocenters. The highest BCUT2D eigenvalue weighted by Crippen LogP contribution is 2.32. The maximum absolute atomic E-state index is 12.5. The standard InChI is InChI=1S/C17H19NO4/c1-3-13-5-4-6-14(11-13)15(19)18-9-7-17(8-10-18,12-22-2)16(20)21/h1,4-6,11H,7-10,12H2,2H3,(H,20,21). The maximum Gasteiger partial charge on any atom is 0.312 e. The molecule has 0 aromatic heterocycles. The van der Waals surface area contributed by atoms with Gasteiger partial charge in [0.15, 0.2) is 0 Å². The van der Waals surface area contributed by atoms with Crippen molar-refractivity contribution >= 4 is 11.9 Å². The number of carboxylic acid groups (broad SMARTS) is 1. The second kappa shape index (κ2) is 6.63. The summed E-state index contributed by atoms with van der Waals surface area (Å²) in [5.74, 6) is 1.52. The van der Waals surface area contributed by atoms with Crippen LogP contribution in [0.5, 0.6) is 0 Å². The first kappa shape index (κ1) is 16.1. The Morgan fingerprint density at radius 3 is 2.64 bits per heavy atom. The molecule has 5 nitrogen and oxygen atoms in total. The van der Waals surface area contributed by atoms with Gasteiger partial charge in [0.25, 0.3) is 5.91 Å². The molecule has 22 heavy (non-hydrogen) atoms. The van der Waals surface area contributed by atoms with E-state index in [4.69, 9.17) is 11.2 Å². The lowest BCUT2D eigenvalue weighted by atomic mass is 9.79. The zero-order valence-corrected chi connectivity index (χ0v) is 12.5. The number of rotatable bonds is 4. The van der Waals surface area contributed by atoms with E-state index in [1.807, 2.05) is 0 Å². The Morgan fingerprint density at radius 1 is 1.41 bits per heavy atom. The van der Waals surface area contributed by atoms with Gasteiger partial charge >= 0.3 is 5.97 Å². The molecule has 1 heterocycles. The van der Waals surface area contributed by atoms with Crippen LogP contribution in [-0.4, -0.2) is 48.7 Å². The molecule has 0 saturated carbocycles. The third kappa shape index (κ3) is 3.12. The molecule has 1 aliphatic heterocycles. The van der Waals surface area contributed by atoms with Gasteiger partial charge in [0.2, 0.25) is 0 Å². The Morgan fingerprint density at radius 2 is 2.09 bits per heavy atom. The number of ether oxygens (including phenoxy) is 1. The Kier molecular flexibility index (Phi) is 4.84. The lowest BCUT2D eigenvalue weighted by molar-refractivity contribution is -0.155. The Bertz CT molecular complexity index is 609. The van der Waals surface area contributed by atoms with E-state index in [-0.39, 0.29) is 12.5 Å². The Labute approximate surface area is 129 Å². The normalized spacial score (nSPS) is 16.8. The zero-order chi connectivity index (χ0) is 16.2. The molecule has 0 spiro atoms. The van der Waals surface area contributed by atoms with E-state index < -0.39 is 11.4 Å². The van der Waals surface area contributed by atoms with Crippen LogP contribution in [0.4, 0.5) is 0 Å². The molecule has 116 valence electrons. The fourth-order valence-electron chi connectivity index (χ4n) is 2.76. The summed E-state index contributed by atoms with van der Waals surface area (Å²) in [4.78, 5) is 25.6. The first-order valence-electron chi connectivity index (χ1n) is 7.11. The van der Waals surface area contributed by atoms with Crippen LogP contribution in [0, 0.1) is 17.8 Å². The van der Waals surface area contributed by atoms with Crippen molar-refractivity contribution < 1.29 is 19.4 Å². The summed E-state index contributed by atoms with van der Waals surface area (Å²) in [5, 5.41) is 9.42. The first-order chi connectivity index (χ1) is 10.5. The molecule has 1 aromatic rings. The second-order valence-electron chi connectivity index (χ2n) is 5.54. The molecule has 1 amide bonds. The van der Waals surface area contributed by atoms with Gasteiger partial charge in [-0.25, -0.2) is 0 Å². The van der Waals surface area contributed by atoms with Crippen molar-refractivity contribution in [3.63, 3.8) is 0 Å². The van der Waals surface area contributed by atoms with E-state index in [9.17, 15) is 14.7 Å². The number of carboxylic acids is 1. The van der Waals surface area contributed by atoms with E-state index in [1.165, 1.54) is 7.11 Å². The molecule has 2 rings (SSSR count). The highest BCUT2D eigenvalue weighted by Gasteiger charge is 2.42. The van der Waals surface area contributed by atoms with Gasteiger partial charge in [0, 0.05) is 31.3 Å². The number of carbonyl (C=O) groups is 2. The van der Waals surface area contributed by atoms with Crippen molar-refractivity contribution in [2.75, 3.05) is 26.8 Å². The van der Waals surface area contributed by atoms with Gasteiger partial charge in [-0.15, -0.1) is 6.42 Å². The number of carbonyl (C=O) groups excluding carboxylic acids is 1. The SMILES string of the molecule is C#Cc1cccc(C(=O)N2CCC(COC)(C(=O)O)CC2)c1. The molecule has 5 heteroatoms. The van der Waals surface area contributed by atoms with Gasteiger partial charge in [-0.1, -0.05) is 12.0 Å². The van der Waals surface area contributed by atoms with E-state index in [1.54, 1.807) is 29.2 Å². The van der Waals surface area contributed by atoms with Crippen LogP contribution in [0.3, 0.4) is 0 Å². The highest BCUT2D eigenvalue weighted by atomic mass is 16.5. The van der Waals surface area contributed by atoms with Crippen molar-refractivity contribution in [2.24, 2.45) is 5.41 Å². The average Bonchev–Trinajstić information content (AvgIpc) is 2.55. The molecular weight excluding hydrogens is 282 g/mol. The van der Waals surface area contributed by atoms with Crippen LogP contribution in [0.2, 0.25) is 0 Å². The van der Waals surface area contributed by atoms with Gasteiger partial charge in [-0.3, -0.25) is 9.59 Å². The third-order valence-corrected chi connectivity index (χ3v) is 4.16. The molecule has 1 aliphatic rings. The van der Waals surface area contributed by atoms with Gasteiger partial charge < -0.3 is 14.7 Å². The summed E-state index contributed by atoms with van der Waals surface area (Å²) in [6.07, 6.45) is 6.12. The fourth-order valence-corrected chi connectivity index (χ4v) is 2.76. The second-order valence-corrected chi connectivity index (χ2v) is 5.54. The van der Waals surface area contributed by atoms with Gasteiger partial charge in [-0.05, 0) is 31.0 Å². The molecule has 0 bridgehead atoms.